The van der Waals surface area contributed by atoms with Crippen molar-refractivity contribution >= 4 is 6.09 Å². The first-order valence-electron chi connectivity index (χ1n) is 6.96. The van der Waals surface area contributed by atoms with Crippen LogP contribution in [0.15, 0.2) is 30.3 Å². The number of hydrogen-bond donors (Lipinski definition) is 1. The van der Waals surface area contributed by atoms with Crippen LogP contribution in [0, 0.1) is 5.41 Å². The second-order valence-electron chi connectivity index (χ2n) is 6.58. The fourth-order valence-electron chi connectivity index (χ4n) is 3.01. The summed E-state index contributed by atoms with van der Waals surface area (Å²) in [5.74, 6) is 0. The van der Waals surface area contributed by atoms with E-state index in [1.54, 1.807) is 4.90 Å². The molecule has 4 nitrogen and oxygen atoms in total. The molecule has 0 spiro atoms. The molecule has 4 heteroatoms. The van der Waals surface area contributed by atoms with Gasteiger partial charge in [-0.25, -0.2) is 4.79 Å². The lowest BCUT2D eigenvalue weighted by atomic mass is 9.85. The first kappa shape index (κ1) is 14.9. The Kier molecular flexibility index (Phi) is 4.04. The van der Waals surface area contributed by atoms with Crippen LogP contribution in [0.4, 0.5) is 4.79 Å². The number of aliphatic hydroxyl groups is 1. The normalized spacial score (nSPS) is 24.7. The zero-order chi connectivity index (χ0) is 14.8. The zero-order valence-electron chi connectivity index (χ0n) is 12.4. The smallest absolute Gasteiger partial charge is 0.410 e. The number of likely N-dealkylation sites (tertiary alicyclic amines) is 1. The van der Waals surface area contributed by atoms with E-state index in [0.29, 0.717) is 6.54 Å². The van der Waals surface area contributed by atoms with Crippen molar-refractivity contribution in [3.63, 3.8) is 0 Å². The third-order valence-electron chi connectivity index (χ3n) is 3.94. The van der Waals surface area contributed by atoms with Crippen molar-refractivity contribution in [3.8, 4) is 0 Å². The molecule has 110 valence electrons. The van der Waals surface area contributed by atoms with Crippen molar-refractivity contribution < 1.29 is 14.6 Å². The van der Waals surface area contributed by atoms with Crippen LogP contribution in [-0.2, 0) is 11.3 Å². The average molecular weight is 277 g/mol. The molecule has 0 bridgehead atoms. The quantitative estimate of drug-likeness (QED) is 0.924. The van der Waals surface area contributed by atoms with Gasteiger partial charge in [0, 0.05) is 17.5 Å². The Bertz CT molecular complexity index is 472. The molecule has 0 aliphatic carbocycles. The number of nitrogens with zero attached hydrogens (tertiary/aromatic N) is 1. The second kappa shape index (κ2) is 5.44. The highest BCUT2D eigenvalue weighted by Crippen LogP contribution is 2.41. The van der Waals surface area contributed by atoms with Crippen LogP contribution in [0.1, 0.15) is 32.8 Å². The van der Waals surface area contributed by atoms with E-state index in [-0.39, 0.29) is 30.3 Å². The Balaban J connectivity index is 1.99. The predicted molar refractivity (Wildman–Crippen MR) is 77.2 cm³/mol. The topological polar surface area (TPSA) is 49.8 Å². The molecular weight excluding hydrogens is 254 g/mol. The lowest BCUT2D eigenvalue weighted by Crippen LogP contribution is -2.43. The maximum atomic E-state index is 12.3. The summed E-state index contributed by atoms with van der Waals surface area (Å²) in [6, 6.07) is 9.64. The summed E-state index contributed by atoms with van der Waals surface area (Å²) in [5, 5.41) is 9.49. The molecule has 1 aliphatic heterocycles. The molecule has 0 saturated carbocycles. The molecule has 1 atom stereocenters. The van der Waals surface area contributed by atoms with Crippen LogP contribution < -0.4 is 0 Å². The van der Waals surface area contributed by atoms with Crippen LogP contribution >= 0.6 is 0 Å². The molecule has 1 fully saturated rings. The highest BCUT2D eigenvalue weighted by Gasteiger charge is 2.48. The molecule has 1 aromatic carbocycles. The number of rotatable bonds is 3. The summed E-state index contributed by atoms with van der Waals surface area (Å²) < 4.78 is 5.39. The lowest BCUT2D eigenvalue weighted by Gasteiger charge is -2.30. The van der Waals surface area contributed by atoms with Gasteiger partial charge in [0.05, 0.1) is 6.61 Å². The van der Waals surface area contributed by atoms with Crippen molar-refractivity contribution in [1.82, 2.24) is 4.90 Å². The molecule has 1 saturated heterocycles. The maximum Gasteiger partial charge on any atom is 0.410 e. The fourth-order valence-corrected chi connectivity index (χ4v) is 3.01. The highest BCUT2D eigenvalue weighted by atomic mass is 16.6. The second-order valence-corrected chi connectivity index (χ2v) is 6.58. The Morgan fingerprint density at radius 3 is 2.50 bits per heavy atom. The number of benzene rings is 1. The Hall–Kier alpha value is -1.55. The first-order valence-corrected chi connectivity index (χ1v) is 6.96. The van der Waals surface area contributed by atoms with Gasteiger partial charge in [0.15, 0.2) is 0 Å². The molecule has 1 aliphatic rings. The van der Waals surface area contributed by atoms with Crippen LogP contribution in [0.3, 0.4) is 0 Å². The van der Waals surface area contributed by atoms with E-state index in [4.69, 9.17) is 4.74 Å². The molecule has 0 radical (unpaired) electrons. The van der Waals surface area contributed by atoms with E-state index in [9.17, 15) is 9.90 Å². The summed E-state index contributed by atoms with van der Waals surface area (Å²) in [6.07, 6.45) is 0.466. The highest BCUT2D eigenvalue weighted by molar-refractivity contribution is 5.69. The maximum absolute atomic E-state index is 12.3. The number of ether oxygens (including phenoxy) is 1. The van der Waals surface area contributed by atoms with Gasteiger partial charge in [0.25, 0.3) is 0 Å². The van der Waals surface area contributed by atoms with E-state index in [1.807, 2.05) is 51.1 Å². The summed E-state index contributed by atoms with van der Waals surface area (Å²) in [7, 11) is 0. The Morgan fingerprint density at radius 1 is 1.30 bits per heavy atom. The van der Waals surface area contributed by atoms with Crippen molar-refractivity contribution in [2.24, 2.45) is 5.41 Å². The van der Waals surface area contributed by atoms with Crippen molar-refractivity contribution in [2.45, 2.75) is 39.3 Å². The largest absolute Gasteiger partial charge is 0.445 e. The lowest BCUT2D eigenvalue weighted by molar-refractivity contribution is 0.0725. The van der Waals surface area contributed by atoms with E-state index in [1.165, 1.54) is 0 Å². The first-order chi connectivity index (χ1) is 9.36. The van der Waals surface area contributed by atoms with E-state index >= 15 is 0 Å². The van der Waals surface area contributed by atoms with Gasteiger partial charge in [0.2, 0.25) is 0 Å². The molecule has 20 heavy (non-hydrogen) atoms. The van der Waals surface area contributed by atoms with E-state index < -0.39 is 0 Å². The predicted octanol–water partition coefficient (Wildman–Crippen LogP) is 2.81. The van der Waals surface area contributed by atoms with Crippen LogP contribution in [0.2, 0.25) is 0 Å². The number of carbonyl (C=O) groups excluding carboxylic acids is 1. The van der Waals surface area contributed by atoms with Gasteiger partial charge in [-0.15, -0.1) is 0 Å². The van der Waals surface area contributed by atoms with Crippen molar-refractivity contribution in [3.05, 3.63) is 35.9 Å². The monoisotopic (exact) mass is 277 g/mol. The van der Waals surface area contributed by atoms with Gasteiger partial charge < -0.3 is 14.7 Å². The summed E-state index contributed by atoms with van der Waals surface area (Å²) in [4.78, 5) is 14.0. The van der Waals surface area contributed by atoms with Crippen LogP contribution in [-0.4, -0.2) is 34.8 Å². The van der Waals surface area contributed by atoms with Gasteiger partial charge in [-0.3, -0.25) is 0 Å². The third kappa shape index (κ3) is 3.12. The van der Waals surface area contributed by atoms with Crippen LogP contribution in [0.25, 0.3) is 0 Å². The number of carbonyl (C=O) groups is 1. The minimum atomic E-state index is -0.309. The Morgan fingerprint density at radius 2 is 1.95 bits per heavy atom. The molecule has 1 amide bonds. The number of aliphatic hydroxyl groups excluding tert-OH is 1. The van der Waals surface area contributed by atoms with E-state index in [2.05, 4.69) is 0 Å². The van der Waals surface area contributed by atoms with Crippen molar-refractivity contribution in [2.75, 3.05) is 13.2 Å². The van der Waals surface area contributed by atoms with Crippen LogP contribution in [0.5, 0.6) is 0 Å². The Labute approximate surface area is 120 Å². The molecule has 1 heterocycles. The van der Waals surface area contributed by atoms with Gasteiger partial charge in [-0.1, -0.05) is 37.3 Å². The molecule has 1 aromatic rings. The van der Waals surface area contributed by atoms with E-state index in [0.717, 1.165) is 12.0 Å². The molecule has 1 N–H and O–H groups in total. The molecule has 1 unspecified atom stereocenters. The number of amides is 1. The molecular formula is C16H23NO3. The standard InChI is InChI=1S/C16H23NO3/c1-15(2)10-16(3,12-18)11-17(15)14(19)20-9-13-7-5-4-6-8-13/h4-8,18H,9-12H2,1-3H3. The minimum absolute atomic E-state index is 0.0822. The van der Waals surface area contributed by atoms with Gasteiger partial charge in [-0.05, 0) is 25.8 Å². The van der Waals surface area contributed by atoms with Crippen molar-refractivity contribution in [1.29, 1.82) is 0 Å². The van der Waals surface area contributed by atoms with Gasteiger partial charge >= 0.3 is 6.09 Å². The minimum Gasteiger partial charge on any atom is -0.445 e. The summed E-state index contributed by atoms with van der Waals surface area (Å²) >= 11 is 0. The summed E-state index contributed by atoms with van der Waals surface area (Å²) in [5.41, 5.74) is 0.448. The van der Waals surface area contributed by atoms with Gasteiger partial charge in [-0.2, -0.15) is 0 Å². The fraction of sp³-hybridized carbons (Fsp3) is 0.562. The molecule has 0 aromatic heterocycles. The SMILES string of the molecule is CC1(CO)CN(C(=O)OCc2ccccc2)C(C)(C)C1. The molecule has 2 rings (SSSR count). The summed E-state index contributed by atoms with van der Waals surface area (Å²) in [6.45, 7) is 6.92. The zero-order valence-corrected chi connectivity index (χ0v) is 12.4. The number of hydrogen-bond acceptors (Lipinski definition) is 3. The third-order valence-corrected chi connectivity index (χ3v) is 3.94. The van der Waals surface area contributed by atoms with Gasteiger partial charge in [0.1, 0.15) is 6.61 Å². The average Bonchev–Trinajstić information content (AvgIpc) is 2.68.